The standard InChI is InChI=1S/C25H33N3OS/c1-4-9-22-26-24-23(25(29)28(22)15-14-27(5-2)6-3)21(17-30-24)20-13-12-18-10-7-8-11-19(18)16-20/h12-13,16-17H,4-11,14-15H2,1-3H3. The Bertz CT molecular complexity index is 1080. The van der Waals surface area contributed by atoms with Crippen LogP contribution in [0.3, 0.4) is 0 Å². The molecule has 0 saturated carbocycles. The Morgan fingerprint density at radius 2 is 1.87 bits per heavy atom. The number of fused-ring (bicyclic) bond motifs is 2. The summed E-state index contributed by atoms with van der Waals surface area (Å²) in [5.41, 5.74) is 5.28. The molecular weight excluding hydrogens is 390 g/mol. The highest BCUT2D eigenvalue weighted by atomic mass is 32.1. The van der Waals surface area contributed by atoms with E-state index in [4.69, 9.17) is 4.98 Å². The van der Waals surface area contributed by atoms with Crippen LogP contribution in [0.5, 0.6) is 0 Å². The molecule has 4 nitrogen and oxygen atoms in total. The topological polar surface area (TPSA) is 38.1 Å². The number of thiophene rings is 1. The fraction of sp³-hybridized carbons (Fsp3) is 0.520. The first-order chi connectivity index (χ1) is 14.7. The average Bonchev–Trinajstić information content (AvgIpc) is 3.20. The van der Waals surface area contributed by atoms with Crippen molar-refractivity contribution in [1.29, 1.82) is 0 Å². The molecule has 1 aliphatic carbocycles. The Balaban J connectivity index is 1.79. The number of rotatable bonds is 8. The van der Waals surface area contributed by atoms with Gasteiger partial charge in [0.15, 0.2) is 0 Å². The molecule has 3 aromatic rings. The van der Waals surface area contributed by atoms with Crippen LogP contribution in [0.1, 0.15) is 57.0 Å². The summed E-state index contributed by atoms with van der Waals surface area (Å²) in [6.45, 7) is 10.1. The van der Waals surface area contributed by atoms with Gasteiger partial charge >= 0.3 is 0 Å². The molecular formula is C25H33N3OS. The van der Waals surface area contributed by atoms with E-state index in [0.29, 0.717) is 6.54 Å². The molecule has 1 aromatic carbocycles. The third-order valence-electron chi connectivity index (χ3n) is 6.44. The molecule has 1 aliphatic rings. The zero-order valence-corrected chi connectivity index (χ0v) is 19.4. The van der Waals surface area contributed by atoms with Crippen molar-refractivity contribution in [3.05, 3.63) is 50.9 Å². The highest BCUT2D eigenvalue weighted by molar-refractivity contribution is 7.17. The second-order valence-corrected chi connectivity index (χ2v) is 9.14. The lowest BCUT2D eigenvalue weighted by Gasteiger charge is -2.20. The van der Waals surface area contributed by atoms with E-state index in [1.807, 2.05) is 4.57 Å². The van der Waals surface area contributed by atoms with Gasteiger partial charge in [-0.3, -0.25) is 9.36 Å². The smallest absolute Gasteiger partial charge is 0.262 e. The molecule has 0 fully saturated rings. The zero-order valence-electron chi connectivity index (χ0n) is 18.5. The molecule has 0 bridgehead atoms. The minimum Gasteiger partial charge on any atom is -0.302 e. The van der Waals surface area contributed by atoms with Crippen molar-refractivity contribution in [3.63, 3.8) is 0 Å². The van der Waals surface area contributed by atoms with Crippen molar-refractivity contribution < 1.29 is 0 Å². The summed E-state index contributed by atoms with van der Waals surface area (Å²) in [4.78, 5) is 21.9. The monoisotopic (exact) mass is 423 g/mol. The van der Waals surface area contributed by atoms with Crippen molar-refractivity contribution in [2.45, 2.75) is 65.8 Å². The molecule has 2 heterocycles. The fourth-order valence-electron chi connectivity index (χ4n) is 4.61. The van der Waals surface area contributed by atoms with Gasteiger partial charge in [-0.2, -0.15) is 0 Å². The predicted molar refractivity (Wildman–Crippen MR) is 128 cm³/mol. The lowest BCUT2D eigenvalue weighted by atomic mass is 9.89. The first-order valence-electron chi connectivity index (χ1n) is 11.5. The Labute approximate surface area is 183 Å². The summed E-state index contributed by atoms with van der Waals surface area (Å²) < 4.78 is 1.94. The quantitative estimate of drug-likeness (QED) is 0.493. The molecule has 160 valence electrons. The summed E-state index contributed by atoms with van der Waals surface area (Å²) in [5.74, 6) is 0.931. The third kappa shape index (κ3) is 4.10. The van der Waals surface area contributed by atoms with Crippen LogP contribution in [-0.4, -0.2) is 34.1 Å². The van der Waals surface area contributed by atoms with E-state index in [-0.39, 0.29) is 5.56 Å². The van der Waals surface area contributed by atoms with Crippen LogP contribution in [0.2, 0.25) is 0 Å². The lowest BCUT2D eigenvalue weighted by molar-refractivity contribution is 0.287. The largest absolute Gasteiger partial charge is 0.302 e. The molecule has 0 atom stereocenters. The maximum absolute atomic E-state index is 13.7. The van der Waals surface area contributed by atoms with E-state index in [0.717, 1.165) is 60.5 Å². The lowest BCUT2D eigenvalue weighted by Crippen LogP contribution is -2.33. The van der Waals surface area contributed by atoms with E-state index >= 15 is 0 Å². The van der Waals surface area contributed by atoms with E-state index in [9.17, 15) is 4.79 Å². The predicted octanol–water partition coefficient (Wildman–Crippen LogP) is 5.30. The highest BCUT2D eigenvalue weighted by Crippen LogP contribution is 2.33. The summed E-state index contributed by atoms with van der Waals surface area (Å²) >= 11 is 1.61. The van der Waals surface area contributed by atoms with Gasteiger partial charge in [-0.05, 0) is 61.9 Å². The molecule has 0 radical (unpaired) electrons. The summed E-state index contributed by atoms with van der Waals surface area (Å²) in [5, 5.41) is 2.93. The van der Waals surface area contributed by atoms with Crippen LogP contribution in [0.15, 0.2) is 28.4 Å². The number of benzene rings is 1. The number of aryl methyl sites for hydroxylation is 3. The number of hydrogen-bond acceptors (Lipinski definition) is 4. The van der Waals surface area contributed by atoms with Gasteiger partial charge < -0.3 is 4.90 Å². The fourth-order valence-corrected chi connectivity index (χ4v) is 5.56. The van der Waals surface area contributed by atoms with Gasteiger partial charge in [0.05, 0.1) is 5.39 Å². The molecule has 0 N–H and O–H groups in total. The Kier molecular flexibility index (Phi) is 6.69. The van der Waals surface area contributed by atoms with E-state index < -0.39 is 0 Å². The highest BCUT2D eigenvalue weighted by Gasteiger charge is 2.18. The van der Waals surface area contributed by atoms with Gasteiger partial charge in [0.1, 0.15) is 10.7 Å². The van der Waals surface area contributed by atoms with Gasteiger partial charge in [-0.25, -0.2) is 4.98 Å². The molecule has 0 spiro atoms. The number of likely N-dealkylation sites (N-methyl/N-ethyl adjacent to an activating group) is 1. The molecule has 0 saturated heterocycles. The Hall–Kier alpha value is -1.98. The Morgan fingerprint density at radius 1 is 1.10 bits per heavy atom. The van der Waals surface area contributed by atoms with Crippen molar-refractivity contribution >= 4 is 21.6 Å². The van der Waals surface area contributed by atoms with Gasteiger partial charge in [0, 0.05) is 30.5 Å². The van der Waals surface area contributed by atoms with Crippen LogP contribution < -0.4 is 5.56 Å². The maximum atomic E-state index is 13.7. The van der Waals surface area contributed by atoms with Crippen LogP contribution >= 0.6 is 11.3 Å². The molecule has 5 heteroatoms. The molecule has 30 heavy (non-hydrogen) atoms. The normalized spacial score (nSPS) is 13.9. The van der Waals surface area contributed by atoms with Crippen LogP contribution in [0.25, 0.3) is 21.3 Å². The van der Waals surface area contributed by atoms with Crippen molar-refractivity contribution in [2.24, 2.45) is 0 Å². The molecule has 4 rings (SSSR count). The molecule has 2 aromatic heterocycles. The van der Waals surface area contributed by atoms with Crippen LogP contribution in [0.4, 0.5) is 0 Å². The summed E-state index contributed by atoms with van der Waals surface area (Å²) in [6, 6.07) is 6.78. The number of nitrogens with zero attached hydrogens (tertiary/aromatic N) is 3. The van der Waals surface area contributed by atoms with Crippen molar-refractivity contribution in [1.82, 2.24) is 14.5 Å². The number of aromatic nitrogens is 2. The van der Waals surface area contributed by atoms with Gasteiger partial charge in [-0.1, -0.05) is 39.0 Å². The van der Waals surface area contributed by atoms with Gasteiger partial charge in [-0.15, -0.1) is 11.3 Å². The third-order valence-corrected chi connectivity index (χ3v) is 7.31. The van der Waals surface area contributed by atoms with Gasteiger partial charge in [0.25, 0.3) is 5.56 Å². The SMILES string of the molecule is CCCc1nc2scc(-c3ccc4c(c3)CCCC4)c2c(=O)n1CCN(CC)CC. The van der Waals surface area contributed by atoms with E-state index in [1.165, 1.54) is 36.0 Å². The van der Waals surface area contributed by atoms with Crippen LogP contribution in [-0.2, 0) is 25.8 Å². The molecule has 0 unspecified atom stereocenters. The summed E-state index contributed by atoms with van der Waals surface area (Å²) in [7, 11) is 0. The maximum Gasteiger partial charge on any atom is 0.262 e. The average molecular weight is 424 g/mol. The van der Waals surface area contributed by atoms with Gasteiger partial charge in [0.2, 0.25) is 0 Å². The summed E-state index contributed by atoms with van der Waals surface area (Å²) in [6.07, 6.45) is 6.72. The Morgan fingerprint density at radius 3 is 2.60 bits per heavy atom. The number of hydrogen-bond donors (Lipinski definition) is 0. The van der Waals surface area contributed by atoms with E-state index in [2.05, 4.69) is 49.3 Å². The second kappa shape index (κ2) is 9.44. The van der Waals surface area contributed by atoms with Crippen LogP contribution in [0, 0.1) is 0 Å². The minimum atomic E-state index is 0.129. The minimum absolute atomic E-state index is 0.129. The first kappa shape index (κ1) is 21.3. The molecule has 0 amide bonds. The van der Waals surface area contributed by atoms with Crippen molar-refractivity contribution in [2.75, 3.05) is 19.6 Å². The molecule has 0 aliphatic heterocycles. The zero-order chi connectivity index (χ0) is 21.1. The first-order valence-corrected chi connectivity index (χ1v) is 12.4. The van der Waals surface area contributed by atoms with E-state index in [1.54, 1.807) is 11.3 Å². The second-order valence-electron chi connectivity index (χ2n) is 8.28. The van der Waals surface area contributed by atoms with Crippen molar-refractivity contribution in [3.8, 4) is 11.1 Å².